The number of benzene rings is 1. The number of hydrogen-bond acceptors (Lipinski definition) is 5. The van der Waals surface area contributed by atoms with Crippen LogP contribution in [0.4, 0.5) is 5.69 Å². The average molecular weight is 358 g/mol. The number of nitrogens with one attached hydrogen (secondary N) is 1. The van der Waals surface area contributed by atoms with Gasteiger partial charge in [0, 0.05) is 5.69 Å². The highest BCUT2D eigenvalue weighted by Gasteiger charge is 2.21. The summed E-state index contributed by atoms with van der Waals surface area (Å²) in [5.74, 6) is -0.140. The fourth-order valence-electron chi connectivity index (χ4n) is 2.50. The number of carbonyl (C=O) groups excluding carboxylic acids is 1. The Labute approximate surface area is 153 Å². The molecule has 0 aliphatic carbocycles. The molecule has 0 radical (unpaired) electrons. The Morgan fingerprint density at radius 1 is 1.35 bits per heavy atom. The lowest BCUT2D eigenvalue weighted by Crippen LogP contribution is -2.35. The summed E-state index contributed by atoms with van der Waals surface area (Å²) in [7, 11) is 0. The number of rotatable bonds is 6. The third-order valence-electron chi connectivity index (χ3n) is 4.43. The van der Waals surface area contributed by atoms with Gasteiger partial charge in [-0.2, -0.15) is 0 Å². The van der Waals surface area contributed by atoms with Crippen LogP contribution >= 0.6 is 0 Å². The van der Waals surface area contributed by atoms with Crippen LogP contribution in [-0.4, -0.2) is 40.2 Å². The van der Waals surface area contributed by atoms with Crippen LogP contribution in [0.5, 0.6) is 0 Å². The number of nitrogens with zero attached hydrogens (tertiary/aromatic N) is 3. The average Bonchev–Trinajstić information content (AvgIpc) is 3.01. The zero-order valence-electron chi connectivity index (χ0n) is 15.7. The van der Waals surface area contributed by atoms with Gasteiger partial charge in [0.15, 0.2) is 0 Å². The second-order valence-electron chi connectivity index (χ2n) is 7.65. The molecule has 1 aromatic heterocycles. The number of carbonyl (C=O) groups is 1. The van der Waals surface area contributed by atoms with Gasteiger partial charge in [-0.05, 0) is 30.0 Å². The molecule has 3 rings (SSSR count). The van der Waals surface area contributed by atoms with Gasteiger partial charge in [0.1, 0.15) is 17.8 Å². The Kier molecular flexibility index (Phi) is 5.38. The summed E-state index contributed by atoms with van der Waals surface area (Å²) in [6, 6.07) is 7.45. The van der Waals surface area contributed by atoms with E-state index < -0.39 is 6.04 Å². The molecule has 0 bridgehead atoms. The van der Waals surface area contributed by atoms with Gasteiger partial charge in [-0.15, -0.1) is 5.10 Å². The van der Waals surface area contributed by atoms with Gasteiger partial charge >= 0.3 is 0 Å². The highest BCUT2D eigenvalue weighted by atomic mass is 16.6. The van der Waals surface area contributed by atoms with Crippen molar-refractivity contribution in [3.63, 3.8) is 0 Å². The van der Waals surface area contributed by atoms with Crippen LogP contribution in [0.3, 0.4) is 0 Å². The number of aromatic nitrogens is 3. The Morgan fingerprint density at radius 3 is 2.62 bits per heavy atom. The maximum absolute atomic E-state index is 12.5. The molecular weight excluding hydrogens is 332 g/mol. The van der Waals surface area contributed by atoms with Crippen LogP contribution in [-0.2, 0) is 26.3 Å². The van der Waals surface area contributed by atoms with Gasteiger partial charge < -0.3 is 14.8 Å². The van der Waals surface area contributed by atoms with Crippen molar-refractivity contribution in [3.8, 4) is 0 Å². The lowest BCUT2D eigenvalue weighted by molar-refractivity contribution is -0.135. The molecule has 1 fully saturated rings. The van der Waals surface area contributed by atoms with E-state index in [1.54, 1.807) is 17.8 Å². The zero-order valence-corrected chi connectivity index (χ0v) is 15.7. The minimum Gasteiger partial charge on any atom is -0.376 e. The Balaban J connectivity index is 1.56. The summed E-state index contributed by atoms with van der Waals surface area (Å²) < 4.78 is 12.2. The van der Waals surface area contributed by atoms with Crippen LogP contribution in [0.2, 0.25) is 0 Å². The third kappa shape index (κ3) is 4.47. The van der Waals surface area contributed by atoms with Gasteiger partial charge in [0.25, 0.3) is 0 Å². The molecule has 7 nitrogen and oxygen atoms in total. The summed E-state index contributed by atoms with van der Waals surface area (Å²) >= 11 is 0. The van der Waals surface area contributed by atoms with Crippen LogP contribution in [0.25, 0.3) is 0 Å². The van der Waals surface area contributed by atoms with Crippen molar-refractivity contribution in [2.45, 2.75) is 51.9 Å². The van der Waals surface area contributed by atoms with Crippen molar-refractivity contribution in [3.05, 3.63) is 41.7 Å². The van der Waals surface area contributed by atoms with Crippen LogP contribution in [0.1, 0.15) is 45.0 Å². The first-order valence-electron chi connectivity index (χ1n) is 8.84. The van der Waals surface area contributed by atoms with E-state index in [0.29, 0.717) is 25.5 Å². The summed E-state index contributed by atoms with van der Waals surface area (Å²) in [5.41, 5.74) is 2.77. The van der Waals surface area contributed by atoms with Gasteiger partial charge in [0.05, 0.1) is 26.0 Å². The number of amides is 1. The van der Waals surface area contributed by atoms with Gasteiger partial charge in [-0.1, -0.05) is 38.1 Å². The highest BCUT2D eigenvalue weighted by molar-refractivity contribution is 5.93. The molecule has 1 saturated heterocycles. The van der Waals surface area contributed by atoms with Crippen LogP contribution < -0.4 is 5.32 Å². The van der Waals surface area contributed by atoms with E-state index in [9.17, 15) is 4.79 Å². The second kappa shape index (κ2) is 7.55. The maximum Gasteiger partial charge on any atom is 0.249 e. The molecule has 7 heteroatoms. The maximum atomic E-state index is 12.5. The molecule has 2 aromatic rings. The van der Waals surface area contributed by atoms with Crippen molar-refractivity contribution in [2.75, 3.05) is 18.5 Å². The summed E-state index contributed by atoms with van der Waals surface area (Å²) in [4.78, 5) is 12.5. The molecule has 0 spiro atoms. The molecule has 1 aliphatic rings. The first kappa shape index (κ1) is 18.5. The van der Waals surface area contributed by atoms with Gasteiger partial charge in [-0.25, -0.2) is 4.68 Å². The van der Waals surface area contributed by atoms with Crippen molar-refractivity contribution in [1.82, 2.24) is 15.0 Å². The Bertz CT molecular complexity index is 745. The normalized spacial score (nSPS) is 16.2. The molecule has 0 saturated carbocycles. The van der Waals surface area contributed by atoms with Crippen molar-refractivity contribution in [2.24, 2.45) is 0 Å². The lowest BCUT2D eigenvalue weighted by Gasteiger charge is -2.25. The van der Waals surface area contributed by atoms with E-state index in [-0.39, 0.29) is 17.4 Å². The quantitative estimate of drug-likeness (QED) is 0.859. The van der Waals surface area contributed by atoms with E-state index in [4.69, 9.17) is 9.47 Å². The Morgan fingerprint density at radius 2 is 2.04 bits per heavy atom. The van der Waals surface area contributed by atoms with E-state index in [1.165, 1.54) is 5.56 Å². The molecule has 1 aromatic carbocycles. The monoisotopic (exact) mass is 358 g/mol. The standard InChI is InChI=1S/C19H26N4O3/c1-13(23-9-16(21-22-23)10-26-17-11-25-12-17)18(24)20-15-7-5-14(6-8-15)19(2,3)4/h5-9,13,17H,10-12H2,1-4H3,(H,20,24). The SMILES string of the molecule is CC(C(=O)Nc1ccc(C(C)(C)C)cc1)n1cc(COC2COC2)nn1. The molecule has 140 valence electrons. The molecule has 1 aliphatic heterocycles. The summed E-state index contributed by atoms with van der Waals surface area (Å²) in [6.45, 7) is 9.89. The molecular formula is C19H26N4O3. The fourth-order valence-corrected chi connectivity index (χ4v) is 2.50. The summed E-state index contributed by atoms with van der Waals surface area (Å²) in [6.07, 6.45) is 1.88. The van der Waals surface area contributed by atoms with Crippen molar-refractivity contribution in [1.29, 1.82) is 0 Å². The topological polar surface area (TPSA) is 78.3 Å². The van der Waals surface area contributed by atoms with Crippen LogP contribution in [0.15, 0.2) is 30.5 Å². The van der Waals surface area contributed by atoms with E-state index in [2.05, 4.69) is 36.4 Å². The third-order valence-corrected chi connectivity index (χ3v) is 4.43. The molecule has 1 unspecified atom stereocenters. The van der Waals surface area contributed by atoms with E-state index in [1.807, 2.05) is 24.3 Å². The summed E-state index contributed by atoms with van der Waals surface area (Å²) in [5, 5.41) is 11.0. The largest absolute Gasteiger partial charge is 0.376 e. The lowest BCUT2D eigenvalue weighted by atomic mass is 9.87. The first-order valence-corrected chi connectivity index (χ1v) is 8.84. The molecule has 1 N–H and O–H groups in total. The van der Waals surface area contributed by atoms with Crippen LogP contribution in [0, 0.1) is 0 Å². The number of anilines is 1. The predicted octanol–water partition coefficient (Wildman–Crippen LogP) is 2.69. The van der Waals surface area contributed by atoms with E-state index >= 15 is 0 Å². The molecule has 1 atom stereocenters. The molecule has 2 heterocycles. The fraction of sp³-hybridized carbons (Fsp3) is 0.526. The van der Waals surface area contributed by atoms with Crippen molar-refractivity contribution >= 4 is 11.6 Å². The van der Waals surface area contributed by atoms with Gasteiger partial charge in [0.2, 0.25) is 5.91 Å². The minimum absolute atomic E-state index is 0.0840. The van der Waals surface area contributed by atoms with E-state index in [0.717, 1.165) is 5.69 Å². The minimum atomic E-state index is -0.467. The molecule has 1 amide bonds. The number of hydrogen-bond donors (Lipinski definition) is 1. The van der Waals surface area contributed by atoms with Gasteiger partial charge in [-0.3, -0.25) is 4.79 Å². The first-order chi connectivity index (χ1) is 12.3. The Hall–Kier alpha value is -2.25. The smallest absolute Gasteiger partial charge is 0.249 e. The highest BCUT2D eigenvalue weighted by Crippen LogP contribution is 2.23. The number of ether oxygens (including phenoxy) is 2. The zero-order chi connectivity index (χ0) is 18.7. The predicted molar refractivity (Wildman–Crippen MR) is 97.9 cm³/mol. The second-order valence-corrected chi connectivity index (χ2v) is 7.65. The van der Waals surface area contributed by atoms with Crippen molar-refractivity contribution < 1.29 is 14.3 Å². The molecule has 26 heavy (non-hydrogen) atoms.